The molecule has 0 radical (unpaired) electrons. The highest BCUT2D eigenvalue weighted by Crippen LogP contribution is 2.33. The molecule has 1 aliphatic heterocycles. The molecule has 124 valence electrons. The summed E-state index contributed by atoms with van der Waals surface area (Å²) in [4.78, 5) is 18.1. The smallest absolute Gasteiger partial charge is 0.264 e. The molecule has 3 rings (SSSR count). The van der Waals surface area contributed by atoms with Gasteiger partial charge < -0.3 is 10.0 Å². The first-order valence-electron chi connectivity index (χ1n) is 8.37. The standard InChI is InChI=1S/C18H24N2O2S/c1-2-5-15-14-6-3-4-7-16(14)23-17(15)18(22)20-10-8-19(9-11-20)12-13-21/h3-4,6-7,21H,2,5,8-13H2,1H3. The van der Waals surface area contributed by atoms with E-state index in [0.717, 1.165) is 43.9 Å². The average Bonchev–Trinajstić information content (AvgIpc) is 2.94. The topological polar surface area (TPSA) is 43.8 Å². The van der Waals surface area contributed by atoms with Crippen LogP contribution in [0.2, 0.25) is 0 Å². The van der Waals surface area contributed by atoms with Crippen LogP contribution in [0.3, 0.4) is 0 Å². The van der Waals surface area contributed by atoms with Crippen molar-refractivity contribution < 1.29 is 9.90 Å². The van der Waals surface area contributed by atoms with E-state index in [1.807, 2.05) is 11.0 Å². The lowest BCUT2D eigenvalue weighted by Crippen LogP contribution is -2.49. The summed E-state index contributed by atoms with van der Waals surface area (Å²) in [6.45, 7) is 6.24. The fourth-order valence-corrected chi connectivity index (χ4v) is 4.45. The van der Waals surface area contributed by atoms with Crippen molar-refractivity contribution in [1.82, 2.24) is 9.80 Å². The zero-order valence-corrected chi connectivity index (χ0v) is 14.4. The maximum atomic E-state index is 13.0. The Morgan fingerprint density at radius 3 is 2.65 bits per heavy atom. The molecule has 2 heterocycles. The Bertz CT molecular complexity index is 675. The molecule has 1 saturated heterocycles. The predicted octanol–water partition coefficient (Wildman–Crippen LogP) is 2.60. The Morgan fingerprint density at radius 1 is 1.22 bits per heavy atom. The van der Waals surface area contributed by atoms with Crippen LogP contribution in [-0.4, -0.2) is 60.1 Å². The average molecular weight is 332 g/mol. The van der Waals surface area contributed by atoms with E-state index in [1.165, 1.54) is 15.6 Å². The molecule has 0 atom stereocenters. The van der Waals surface area contributed by atoms with Gasteiger partial charge in [0.25, 0.3) is 5.91 Å². The van der Waals surface area contributed by atoms with Crippen LogP contribution in [0.1, 0.15) is 28.6 Å². The van der Waals surface area contributed by atoms with Crippen molar-refractivity contribution >= 4 is 27.3 Å². The highest BCUT2D eigenvalue weighted by molar-refractivity contribution is 7.21. The first-order valence-corrected chi connectivity index (χ1v) is 9.19. The Kier molecular flexibility index (Phi) is 5.30. The SMILES string of the molecule is CCCc1c(C(=O)N2CCN(CCO)CC2)sc2ccccc12. The third-order valence-electron chi connectivity index (χ3n) is 4.47. The van der Waals surface area contributed by atoms with E-state index in [4.69, 9.17) is 5.11 Å². The summed E-state index contributed by atoms with van der Waals surface area (Å²) in [5.74, 6) is 0.179. The number of piperazine rings is 1. The number of hydrogen-bond donors (Lipinski definition) is 1. The van der Waals surface area contributed by atoms with E-state index in [-0.39, 0.29) is 12.5 Å². The van der Waals surface area contributed by atoms with Crippen molar-refractivity contribution in [1.29, 1.82) is 0 Å². The molecule has 4 nitrogen and oxygen atoms in total. The minimum Gasteiger partial charge on any atom is -0.395 e. The molecule has 23 heavy (non-hydrogen) atoms. The Morgan fingerprint density at radius 2 is 1.96 bits per heavy atom. The van der Waals surface area contributed by atoms with Crippen LogP contribution in [0.4, 0.5) is 0 Å². The second-order valence-corrected chi connectivity index (χ2v) is 7.07. The number of aryl methyl sites for hydroxylation is 1. The Balaban J connectivity index is 1.82. The first-order chi connectivity index (χ1) is 11.2. The molecule has 1 fully saturated rings. The van der Waals surface area contributed by atoms with Crippen molar-refractivity contribution in [2.24, 2.45) is 0 Å². The maximum Gasteiger partial charge on any atom is 0.264 e. The lowest BCUT2D eigenvalue weighted by atomic mass is 10.1. The van der Waals surface area contributed by atoms with Gasteiger partial charge in [0, 0.05) is 37.4 Å². The van der Waals surface area contributed by atoms with Gasteiger partial charge in [-0.1, -0.05) is 31.5 Å². The van der Waals surface area contributed by atoms with Gasteiger partial charge in [-0.2, -0.15) is 0 Å². The minimum atomic E-state index is 0.179. The van der Waals surface area contributed by atoms with Crippen LogP contribution in [0, 0.1) is 0 Å². The largest absolute Gasteiger partial charge is 0.395 e. The second kappa shape index (κ2) is 7.43. The lowest BCUT2D eigenvalue weighted by molar-refractivity contribution is 0.0619. The monoisotopic (exact) mass is 332 g/mol. The van der Waals surface area contributed by atoms with Gasteiger partial charge in [0.05, 0.1) is 11.5 Å². The number of β-amino-alcohol motifs (C(OH)–C–C–N with tert-alkyl or cyclic N) is 1. The third-order valence-corrected chi connectivity index (χ3v) is 5.67. The molecule has 1 aromatic heterocycles. The summed E-state index contributed by atoms with van der Waals surface area (Å²) in [7, 11) is 0. The molecule has 1 aliphatic rings. The third kappa shape index (κ3) is 3.42. The Hall–Kier alpha value is -1.43. The molecule has 0 spiro atoms. The number of aliphatic hydroxyl groups is 1. The zero-order chi connectivity index (χ0) is 16.2. The number of carbonyl (C=O) groups excluding carboxylic acids is 1. The van der Waals surface area contributed by atoms with Crippen LogP contribution >= 0.6 is 11.3 Å². The van der Waals surface area contributed by atoms with Crippen LogP contribution in [0.25, 0.3) is 10.1 Å². The van der Waals surface area contributed by atoms with Gasteiger partial charge >= 0.3 is 0 Å². The highest BCUT2D eigenvalue weighted by Gasteiger charge is 2.25. The van der Waals surface area contributed by atoms with E-state index in [1.54, 1.807) is 11.3 Å². The molecular formula is C18H24N2O2S. The van der Waals surface area contributed by atoms with Crippen molar-refractivity contribution in [3.8, 4) is 0 Å². The molecule has 0 aliphatic carbocycles. The van der Waals surface area contributed by atoms with E-state index in [9.17, 15) is 4.79 Å². The van der Waals surface area contributed by atoms with Crippen LogP contribution in [0.5, 0.6) is 0 Å². The number of nitrogens with zero attached hydrogens (tertiary/aromatic N) is 2. The van der Waals surface area contributed by atoms with Gasteiger partial charge in [0.15, 0.2) is 0 Å². The van der Waals surface area contributed by atoms with Crippen molar-refractivity contribution in [3.05, 3.63) is 34.7 Å². The molecule has 2 aromatic rings. The van der Waals surface area contributed by atoms with E-state index in [0.29, 0.717) is 6.54 Å². The molecule has 5 heteroatoms. The van der Waals surface area contributed by atoms with Crippen LogP contribution < -0.4 is 0 Å². The first kappa shape index (κ1) is 16.4. The van der Waals surface area contributed by atoms with E-state index in [2.05, 4.69) is 30.0 Å². The maximum absolute atomic E-state index is 13.0. The molecule has 1 amide bonds. The van der Waals surface area contributed by atoms with Crippen LogP contribution in [-0.2, 0) is 6.42 Å². The van der Waals surface area contributed by atoms with Crippen molar-refractivity contribution in [2.75, 3.05) is 39.3 Å². The number of hydrogen-bond acceptors (Lipinski definition) is 4. The second-order valence-electron chi connectivity index (χ2n) is 6.01. The van der Waals surface area contributed by atoms with E-state index >= 15 is 0 Å². The number of amides is 1. The molecule has 1 aromatic carbocycles. The normalized spacial score (nSPS) is 16.2. The van der Waals surface area contributed by atoms with Crippen molar-refractivity contribution in [2.45, 2.75) is 19.8 Å². The Labute approximate surface area is 141 Å². The van der Waals surface area contributed by atoms with Gasteiger partial charge in [-0.3, -0.25) is 9.69 Å². The summed E-state index contributed by atoms with van der Waals surface area (Å²) in [5, 5.41) is 10.3. The molecule has 0 bridgehead atoms. The quantitative estimate of drug-likeness (QED) is 0.915. The number of carbonyl (C=O) groups is 1. The summed E-state index contributed by atoms with van der Waals surface area (Å²) in [6, 6.07) is 8.33. The number of fused-ring (bicyclic) bond motifs is 1. The molecule has 1 N–H and O–H groups in total. The fraction of sp³-hybridized carbons (Fsp3) is 0.500. The summed E-state index contributed by atoms with van der Waals surface area (Å²) in [5.41, 5.74) is 1.22. The van der Waals surface area contributed by atoms with Crippen molar-refractivity contribution in [3.63, 3.8) is 0 Å². The lowest BCUT2D eigenvalue weighted by Gasteiger charge is -2.34. The molecule has 0 unspecified atom stereocenters. The van der Waals surface area contributed by atoms with Gasteiger partial charge in [-0.15, -0.1) is 11.3 Å². The van der Waals surface area contributed by atoms with Crippen LogP contribution in [0.15, 0.2) is 24.3 Å². The number of benzene rings is 1. The zero-order valence-electron chi connectivity index (χ0n) is 13.6. The van der Waals surface area contributed by atoms with Gasteiger partial charge in [-0.05, 0) is 23.4 Å². The number of rotatable bonds is 5. The van der Waals surface area contributed by atoms with Gasteiger partial charge in [0.1, 0.15) is 0 Å². The summed E-state index contributed by atoms with van der Waals surface area (Å²) < 4.78 is 1.21. The summed E-state index contributed by atoms with van der Waals surface area (Å²) >= 11 is 1.63. The number of thiophene rings is 1. The molecule has 0 saturated carbocycles. The number of aliphatic hydroxyl groups excluding tert-OH is 1. The minimum absolute atomic E-state index is 0.179. The fourth-order valence-electron chi connectivity index (χ4n) is 3.23. The highest BCUT2D eigenvalue weighted by atomic mass is 32.1. The predicted molar refractivity (Wildman–Crippen MR) is 95.2 cm³/mol. The molecular weight excluding hydrogens is 308 g/mol. The van der Waals surface area contributed by atoms with E-state index < -0.39 is 0 Å². The summed E-state index contributed by atoms with van der Waals surface area (Å²) in [6.07, 6.45) is 2.00. The van der Waals surface area contributed by atoms with Gasteiger partial charge in [-0.25, -0.2) is 0 Å². The van der Waals surface area contributed by atoms with Gasteiger partial charge in [0.2, 0.25) is 0 Å².